The van der Waals surface area contributed by atoms with E-state index in [9.17, 15) is 13.6 Å². The summed E-state index contributed by atoms with van der Waals surface area (Å²) in [5, 5.41) is 3.04. The van der Waals surface area contributed by atoms with Gasteiger partial charge in [-0.25, -0.2) is 8.78 Å². The lowest BCUT2D eigenvalue weighted by Crippen LogP contribution is -2.31. The van der Waals surface area contributed by atoms with E-state index in [0.717, 1.165) is 6.07 Å². The van der Waals surface area contributed by atoms with Gasteiger partial charge in [-0.3, -0.25) is 4.79 Å². The van der Waals surface area contributed by atoms with E-state index in [-0.39, 0.29) is 4.47 Å². The molecule has 1 aromatic carbocycles. The summed E-state index contributed by atoms with van der Waals surface area (Å²) in [7, 11) is 0. The van der Waals surface area contributed by atoms with Crippen LogP contribution in [0.15, 0.2) is 16.6 Å². The van der Waals surface area contributed by atoms with Crippen molar-refractivity contribution in [3.05, 3.63) is 33.8 Å². The van der Waals surface area contributed by atoms with Crippen LogP contribution in [-0.2, 0) is 0 Å². The molecule has 1 N–H and O–H groups in total. The zero-order chi connectivity index (χ0) is 12.6. The topological polar surface area (TPSA) is 29.1 Å². The zero-order valence-corrected chi connectivity index (χ0v) is 10.9. The van der Waals surface area contributed by atoms with Gasteiger partial charge in [-0.15, -0.1) is 0 Å². The van der Waals surface area contributed by atoms with Crippen LogP contribution in [0.3, 0.4) is 0 Å². The van der Waals surface area contributed by atoms with Crippen LogP contribution in [-0.4, -0.2) is 18.9 Å². The van der Waals surface area contributed by atoms with E-state index in [4.69, 9.17) is 0 Å². The van der Waals surface area contributed by atoms with Gasteiger partial charge in [0.2, 0.25) is 0 Å². The maximum Gasteiger partial charge on any atom is 0.175 e. The first kappa shape index (κ1) is 12.6. The Hall–Kier alpha value is -0.810. The molecule has 5 heteroatoms. The van der Waals surface area contributed by atoms with Gasteiger partial charge in [0.1, 0.15) is 5.82 Å². The highest BCUT2D eigenvalue weighted by Crippen LogP contribution is 2.32. The molecule has 2 rings (SSSR count). The van der Waals surface area contributed by atoms with E-state index in [1.165, 1.54) is 6.07 Å². The summed E-state index contributed by atoms with van der Waals surface area (Å²) in [6, 6.07) is 2.36. The van der Waals surface area contributed by atoms with E-state index >= 15 is 0 Å². The van der Waals surface area contributed by atoms with Gasteiger partial charge in [0.05, 0.1) is 10.0 Å². The summed E-state index contributed by atoms with van der Waals surface area (Å²) in [5.74, 6) is -2.09. The predicted molar refractivity (Wildman–Crippen MR) is 64.0 cm³/mol. The van der Waals surface area contributed by atoms with E-state index in [2.05, 4.69) is 21.2 Å². The minimum absolute atomic E-state index is 0.108. The van der Waals surface area contributed by atoms with Crippen molar-refractivity contribution in [1.29, 1.82) is 0 Å². The van der Waals surface area contributed by atoms with Crippen LogP contribution in [0.4, 0.5) is 8.78 Å². The molecule has 1 aliphatic heterocycles. The molecule has 17 heavy (non-hydrogen) atoms. The molecule has 1 fully saturated rings. The van der Waals surface area contributed by atoms with Gasteiger partial charge < -0.3 is 5.32 Å². The maximum atomic E-state index is 13.8. The van der Waals surface area contributed by atoms with E-state index in [0.29, 0.717) is 19.5 Å². The summed E-state index contributed by atoms with van der Waals surface area (Å²) in [5.41, 5.74) is -1.16. The number of Topliss-reactive ketones (excluding diaryl/α,β-unsaturated/α-hetero) is 1. The largest absolute Gasteiger partial charge is 0.316 e. The lowest BCUT2D eigenvalue weighted by molar-refractivity contribution is 0.0830. The van der Waals surface area contributed by atoms with Crippen LogP contribution >= 0.6 is 15.9 Å². The average molecular weight is 304 g/mol. The van der Waals surface area contributed by atoms with Crippen molar-refractivity contribution in [3.8, 4) is 0 Å². The second-order valence-corrected chi connectivity index (χ2v) is 5.39. The first-order valence-corrected chi connectivity index (χ1v) is 6.14. The molecule has 0 radical (unpaired) electrons. The Morgan fingerprint density at radius 2 is 2.18 bits per heavy atom. The Morgan fingerprint density at radius 3 is 2.76 bits per heavy atom. The normalized spacial score (nSPS) is 24.0. The summed E-state index contributed by atoms with van der Waals surface area (Å²) < 4.78 is 27.5. The van der Waals surface area contributed by atoms with Crippen LogP contribution in [0.25, 0.3) is 0 Å². The standard InChI is InChI=1S/C12H12BrF2NO/c1-12(4-5-16-6-12)11(17)9-8(14)3-2-7(13)10(9)15/h2-3,16H,4-6H2,1H3. The lowest BCUT2D eigenvalue weighted by atomic mass is 9.81. The summed E-state index contributed by atoms with van der Waals surface area (Å²) in [6.07, 6.45) is 0.594. The number of carbonyl (C=O) groups excluding carboxylic acids is 1. The molecule has 1 atom stereocenters. The second kappa shape index (κ2) is 4.46. The average Bonchev–Trinajstić information content (AvgIpc) is 2.72. The highest BCUT2D eigenvalue weighted by molar-refractivity contribution is 9.10. The highest BCUT2D eigenvalue weighted by Gasteiger charge is 2.39. The Balaban J connectivity index is 2.47. The van der Waals surface area contributed by atoms with Crippen LogP contribution in [0.5, 0.6) is 0 Å². The molecule has 0 amide bonds. The number of benzene rings is 1. The van der Waals surface area contributed by atoms with E-state index in [1.54, 1.807) is 6.92 Å². The Morgan fingerprint density at radius 1 is 1.47 bits per heavy atom. The van der Waals surface area contributed by atoms with Crippen molar-refractivity contribution >= 4 is 21.7 Å². The molecule has 0 aliphatic carbocycles. The molecule has 1 saturated heterocycles. The molecule has 0 spiro atoms. The third kappa shape index (κ3) is 2.13. The Labute approximate surface area is 107 Å². The van der Waals surface area contributed by atoms with Crippen molar-refractivity contribution < 1.29 is 13.6 Å². The zero-order valence-electron chi connectivity index (χ0n) is 9.32. The van der Waals surface area contributed by atoms with Gasteiger partial charge in [0.15, 0.2) is 11.6 Å². The molecule has 1 unspecified atom stereocenters. The van der Waals surface area contributed by atoms with Gasteiger partial charge in [-0.05, 0) is 41.0 Å². The number of halogens is 3. The quantitative estimate of drug-likeness (QED) is 0.672. The van der Waals surface area contributed by atoms with Gasteiger partial charge in [-0.1, -0.05) is 6.92 Å². The summed E-state index contributed by atoms with van der Waals surface area (Å²) in [4.78, 5) is 12.2. The molecule has 2 nitrogen and oxygen atoms in total. The van der Waals surface area contributed by atoms with Crippen LogP contribution < -0.4 is 5.32 Å². The summed E-state index contributed by atoms with van der Waals surface area (Å²) in [6.45, 7) is 2.88. The van der Waals surface area contributed by atoms with Gasteiger partial charge in [0, 0.05) is 12.0 Å². The van der Waals surface area contributed by atoms with Crippen molar-refractivity contribution in [1.82, 2.24) is 5.32 Å². The number of rotatable bonds is 2. The summed E-state index contributed by atoms with van der Waals surface area (Å²) >= 11 is 2.97. The number of hydrogen-bond donors (Lipinski definition) is 1. The van der Waals surface area contributed by atoms with Crippen LogP contribution in [0, 0.1) is 17.0 Å². The SMILES string of the molecule is CC1(C(=O)c2c(F)ccc(Br)c2F)CCNC1. The van der Waals surface area contributed by atoms with Crippen molar-refractivity contribution in [2.75, 3.05) is 13.1 Å². The maximum absolute atomic E-state index is 13.8. The van der Waals surface area contributed by atoms with E-state index < -0.39 is 28.4 Å². The van der Waals surface area contributed by atoms with Crippen molar-refractivity contribution in [2.24, 2.45) is 5.41 Å². The fourth-order valence-corrected chi connectivity index (χ4v) is 2.38. The van der Waals surface area contributed by atoms with E-state index in [1.807, 2.05) is 0 Å². The number of hydrogen-bond acceptors (Lipinski definition) is 2. The minimum Gasteiger partial charge on any atom is -0.316 e. The monoisotopic (exact) mass is 303 g/mol. The highest BCUT2D eigenvalue weighted by atomic mass is 79.9. The third-order valence-corrected chi connectivity index (χ3v) is 3.80. The number of ketones is 1. The first-order valence-electron chi connectivity index (χ1n) is 5.35. The Bertz CT molecular complexity index is 470. The fourth-order valence-electron chi connectivity index (χ4n) is 2.05. The molecule has 0 saturated carbocycles. The molecular formula is C12H12BrF2NO. The molecule has 1 heterocycles. The van der Waals surface area contributed by atoms with Crippen LogP contribution in [0.2, 0.25) is 0 Å². The number of carbonyl (C=O) groups is 1. The molecular weight excluding hydrogens is 292 g/mol. The van der Waals surface area contributed by atoms with Crippen LogP contribution in [0.1, 0.15) is 23.7 Å². The van der Waals surface area contributed by atoms with Crippen molar-refractivity contribution in [2.45, 2.75) is 13.3 Å². The molecule has 0 bridgehead atoms. The third-order valence-electron chi connectivity index (χ3n) is 3.19. The lowest BCUT2D eigenvalue weighted by Gasteiger charge is -2.21. The molecule has 1 aliphatic rings. The molecule has 92 valence electrons. The van der Waals surface area contributed by atoms with Gasteiger partial charge in [-0.2, -0.15) is 0 Å². The van der Waals surface area contributed by atoms with Gasteiger partial charge in [0.25, 0.3) is 0 Å². The minimum atomic E-state index is -0.817. The van der Waals surface area contributed by atoms with Gasteiger partial charge >= 0.3 is 0 Å². The van der Waals surface area contributed by atoms with Crippen molar-refractivity contribution in [3.63, 3.8) is 0 Å². The fraction of sp³-hybridized carbons (Fsp3) is 0.417. The Kier molecular flexibility index (Phi) is 3.32. The molecule has 1 aromatic rings. The smallest absolute Gasteiger partial charge is 0.175 e. The number of nitrogens with one attached hydrogen (secondary N) is 1. The second-order valence-electron chi connectivity index (χ2n) is 4.53. The first-order chi connectivity index (χ1) is 7.96. The molecule has 0 aromatic heterocycles. The predicted octanol–water partition coefficient (Wildman–Crippen LogP) is 2.91.